The number of ether oxygens (including phenoxy) is 1. The van der Waals surface area contributed by atoms with Crippen molar-refractivity contribution in [2.24, 2.45) is 17.6 Å². The predicted molar refractivity (Wildman–Crippen MR) is 43.9 cm³/mol. The summed E-state index contributed by atoms with van der Waals surface area (Å²) in [5, 5.41) is 0. The van der Waals surface area contributed by atoms with Gasteiger partial charge in [0.15, 0.2) is 0 Å². The van der Waals surface area contributed by atoms with Gasteiger partial charge in [-0.25, -0.2) is 0 Å². The third kappa shape index (κ3) is 4.77. The number of nitrogens with two attached hydrogens (primary N) is 1. The van der Waals surface area contributed by atoms with Crippen molar-refractivity contribution in [1.29, 1.82) is 0 Å². The molecule has 0 aromatic rings. The van der Waals surface area contributed by atoms with Crippen LogP contribution in [0, 0.1) is 11.8 Å². The molecule has 0 aromatic carbocycles. The summed E-state index contributed by atoms with van der Waals surface area (Å²) < 4.78 is 5.28. The molecule has 0 aliphatic heterocycles. The van der Waals surface area contributed by atoms with E-state index in [9.17, 15) is 0 Å². The van der Waals surface area contributed by atoms with Crippen LogP contribution >= 0.6 is 0 Å². The van der Waals surface area contributed by atoms with E-state index in [4.69, 9.17) is 10.5 Å². The Balaban J connectivity index is 3.13. The first-order chi connectivity index (χ1) is 4.68. The maximum Gasteiger partial charge on any atom is 0.0588 e. The topological polar surface area (TPSA) is 35.2 Å². The summed E-state index contributed by atoms with van der Waals surface area (Å²) in [6.45, 7) is 8.77. The lowest BCUT2D eigenvalue weighted by molar-refractivity contribution is 0.0955. The molecule has 0 heterocycles. The van der Waals surface area contributed by atoms with E-state index >= 15 is 0 Å². The molecule has 0 aliphatic carbocycles. The summed E-state index contributed by atoms with van der Waals surface area (Å²) in [5.41, 5.74) is 5.27. The van der Waals surface area contributed by atoms with Gasteiger partial charge >= 0.3 is 0 Å². The van der Waals surface area contributed by atoms with Crippen molar-refractivity contribution in [2.45, 2.75) is 20.8 Å². The Morgan fingerprint density at radius 3 is 2.30 bits per heavy atom. The van der Waals surface area contributed by atoms with E-state index in [1.165, 1.54) is 0 Å². The van der Waals surface area contributed by atoms with Crippen LogP contribution in [0.1, 0.15) is 20.8 Å². The molecule has 10 heavy (non-hydrogen) atoms. The third-order valence-electron chi connectivity index (χ3n) is 1.78. The molecule has 2 nitrogen and oxygen atoms in total. The number of rotatable bonds is 5. The lowest BCUT2D eigenvalue weighted by Gasteiger charge is -2.14. The summed E-state index contributed by atoms with van der Waals surface area (Å²) in [6.07, 6.45) is 0. The van der Waals surface area contributed by atoms with Crippen LogP contribution in [0.25, 0.3) is 0 Å². The maximum atomic E-state index is 5.28. The highest BCUT2D eigenvalue weighted by Gasteiger charge is 2.05. The molecule has 0 saturated carbocycles. The van der Waals surface area contributed by atoms with Crippen molar-refractivity contribution < 1.29 is 4.74 Å². The Bertz CT molecular complexity index is 73.7. The van der Waals surface area contributed by atoms with Crippen LogP contribution in [-0.2, 0) is 4.74 Å². The summed E-state index contributed by atoms with van der Waals surface area (Å²) in [7, 11) is 0. The molecule has 2 N–H and O–H groups in total. The van der Waals surface area contributed by atoms with Gasteiger partial charge < -0.3 is 10.5 Å². The molecule has 0 amide bonds. The molecule has 2 heteroatoms. The minimum atomic E-state index is 0.630. The Labute approximate surface area is 63.7 Å². The smallest absolute Gasteiger partial charge is 0.0588 e. The van der Waals surface area contributed by atoms with Gasteiger partial charge in [0.2, 0.25) is 0 Å². The van der Waals surface area contributed by atoms with Gasteiger partial charge in [-0.05, 0) is 11.8 Å². The van der Waals surface area contributed by atoms with Crippen LogP contribution < -0.4 is 5.73 Å². The van der Waals surface area contributed by atoms with Crippen molar-refractivity contribution in [1.82, 2.24) is 0 Å². The zero-order valence-corrected chi connectivity index (χ0v) is 7.26. The van der Waals surface area contributed by atoms with Gasteiger partial charge in [0, 0.05) is 13.2 Å². The van der Waals surface area contributed by atoms with Crippen LogP contribution in [0.3, 0.4) is 0 Å². The second-order valence-corrected chi connectivity index (χ2v) is 3.08. The highest BCUT2D eigenvalue weighted by atomic mass is 16.5. The summed E-state index contributed by atoms with van der Waals surface area (Å²) in [6, 6.07) is 0. The average Bonchev–Trinajstić information content (AvgIpc) is 1.88. The van der Waals surface area contributed by atoms with E-state index in [-0.39, 0.29) is 0 Å². The molecule has 0 aliphatic rings. The first kappa shape index (κ1) is 9.92. The van der Waals surface area contributed by atoms with Gasteiger partial charge in [-0.3, -0.25) is 0 Å². The van der Waals surface area contributed by atoms with E-state index < -0.39 is 0 Å². The largest absolute Gasteiger partial charge is 0.380 e. The average molecular weight is 145 g/mol. The molecular weight excluding hydrogens is 126 g/mol. The minimum Gasteiger partial charge on any atom is -0.380 e. The quantitative estimate of drug-likeness (QED) is 0.591. The van der Waals surface area contributed by atoms with Crippen molar-refractivity contribution >= 4 is 0 Å². The lowest BCUT2D eigenvalue weighted by atomic mass is 9.99. The number of hydrogen-bond acceptors (Lipinski definition) is 2. The Kier molecular flexibility index (Phi) is 5.64. The van der Waals surface area contributed by atoms with E-state index in [1.54, 1.807) is 0 Å². The lowest BCUT2D eigenvalue weighted by Crippen LogP contribution is -2.16. The number of hydrogen-bond donors (Lipinski definition) is 1. The van der Waals surface area contributed by atoms with Gasteiger partial charge in [0.25, 0.3) is 0 Å². The maximum absolute atomic E-state index is 5.28. The fourth-order valence-electron chi connectivity index (χ4n) is 0.545. The first-order valence-corrected chi connectivity index (χ1v) is 3.96. The zero-order chi connectivity index (χ0) is 7.98. The van der Waals surface area contributed by atoms with Crippen molar-refractivity contribution in [3.05, 3.63) is 0 Å². The summed E-state index contributed by atoms with van der Waals surface area (Å²) >= 11 is 0. The highest BCUT2D eigenvalue weighted by Crippen LogP contribution is 2.08. The van der Waals surface area contributed by atoms with Gasteiger partial charge in [-0.1, -0.05) is 20.8 Å². The molecule has 0 fully saturated rings. The Morgan fingerprint density at radius 2 is 1.90 bits per heavy atom. The van der Waals surface area contributed by atoms with Crippen molar-refractivity contribution in [2.75, 3.05) is 19.8 Å². The van der Waals surface area contributed by atoms with E-state index in [0.29, 0.717) is 25.0 Å². The van der Waals surface area contributed by atoms with Crippen LogP contribution in [0.4, 0.5) is 0 Å². The van der Waals surface area contributed by atoms with Crippen LogP contribution in [0.2, 0.25) is 0 Å². The standard InChI is InChI=1S/C8H19NO/c1-7(2)8(3)6-10-5-4-9/h7-8H,4-6,9H2,1-3H3/t8-/m0/s1. The van der Waals surface area contributed by atoms with Crippen LogP contribution in [-0.4, -0.2) is 19.8 Å². The van der Waals surface area contributed by atoms with Gasteiger partial charge in [-0.2, -0.15) is 0 Å². The van der Waals surface area contributed by atoms with E-state index in [2.05, 4.69) is 20.8 Å². The molecular formula is C8H19NO. The molecule has 0 rings (SSSR count). The van der Waals surface area contributed by atoms with Crippen LogP contribution in [0.15, 0.2) is 0 Å². The molecule has 0 radical (unpaired) electrons. The summed E-state index contributed by atoms with van der Waals surface area (Å²) in [5.74, 6) is 1.35. The molecule has 0 saturated heterocycles. The van der Waals surface area contributed by atoms with E-state index in [0.717, 1.165) is 6.61 Å². The van der Waals surface area contributed by atoms with Gasteiger partial charge in [-0.15, -0.1) is 0 Å². The SMILES string of the molecule is CC(C)[C@@H](C)COCCN. The molecule has 1 atom stereocenters. The highest BCUT2D eigenvalue weighted by molar-refractivity contribution is 4.54. The fourth-order valence-corrected chi connectivity index (χ4v) is 0.545. The first-order valence-electron chi connectivity index (χ1n) is 3.96. The van der Waals surface area contributed by atoms with Crippen molar-refractivity contribution in [3.8, 4) is 0 Å². The van der Waals surface area contributed by atoms with E-state index in [1.807, 2.05) is 0 Å². The third-order valence-corrected chi connectivity index (χ3v) is 1.78. The van der Waals surface area contributed by atoms with Gasteiger partial charge in [0.1, 0.15) is 0 Å². The molecule has 0 unspecified atom stereocenters. The Hall–Kier alpha value is -0.0800. The minimum absolute atomic E-state index is 0.630. The molecule has 0 bridgehead atoms. The predicted octanol–water partition coefficient (Wildman–Crippen LogP) is 1.25. The fraction of sp³-hybridized carbons (Fsp3) is 1.00. The van der Waals surface area contributed by atoms with Gasteiger partial charge in [0.05, 0.1) is 6.61 Å². The second kappa shape index (κ2) is 5.69. The normalized spacial score (nSPS) is 14.1. The van der Waals surface area contributed by atoms with Crippen molar-refractivity contribution in [3.63, 3.8) is 0 Å². The molecule has 0 spiro atoms. The Morgan fingerprint density at radius 1 is 1.30 bits per heavy atom. The second-order valence-electron chi connectivity index (χ2n) is 3.08. The summed E-state index contributed by atoms with van der Waals surface area (Å²) in [4.78, 5) is 0. The van der Waals surface area contributed by atoms with Crippen LogP contribution in [0.5, 0.6) is 0 Å². The molecule has 62 valence electrons. The zero-order valence-electron chi connectivity index (χ0n) is 7.26. The molecule has 0 aromatic heterocycles. The monoisotopic (exact) mass is 145 g/mol.